The molecule has 3 aromatic rings. The first-order valence-electron chi connectivity index (χ1n) is 9.36. The quantitative estimate of drug-likeness (QED) is 0.433. The van der Waals surface area contributed by atoms with E-state index in [4.69, 9.17) is 0 Å². The molecule has 3 rings (SSSR count). The Bertz CT molecular complexity index is 1060. The van der Waals surface area contributed by atoms with Crippen LogP contribution in [0.4, 0.5) is 0 Å². The summed E-state index contributed by atoms with van der Waals surface area (Å²) in [5.74, 6) is -0.530. The number of aromatic hydroxyl groups is 2. The molecule has 0 aliphatic heterocycles. The second-order valence-corrected chi connectivity index (χ2v) is 6.74. The molecule has 0 aliphatic carbocycles. The van der Waals surface area contributed by atoms with Crippen LogP contribution in [0.3, 0.4) is 0 Å². The second kappa shape index (κ2) is 9.01. The van der Waals surface area contributed by atoms with Crippen LogP contribution in [-0.4, -0.2) is 26.8 Å². The maximum Gasteiger partial charge on any atom is 0.211 e. The van der Waals surface area contributed by atoms with Gasteiger partial charge in [0, 0.05) is 11.1 Å². The Morgan fingerprint density at radius 1 is 0.767 bits per heavy atom. The standard InChI is InChI=1S/C25H21NO4/c1-3-6-16-14-18(10-12-22(16)27)24(29)20-8-5-9-21(26-20)25(30)19-11-13-23(28)17(15-19)7-4-2/h3-5,8-15,27-28H,1-2,6-7H2. The number of allylic oxidation sites excluding steroid dienone is 2. The van der Waals surface area contributed by atoms with Crippen LogP contribution in [0.2, 0.25) is 0 Å². The number of aromatic nitrogens is 1. The van der Waals surface area contributed by atoms with Gasteiger partial charge in [-0.2, -0.15) is 0 Å². The average molecular weight is 399 g/mol. The molecule has 5 heteroatoms. The van der Waals surface area contributed by atoms with Crippen molar-refractivity contribution in [2.45, 2.75) is 12.8 Å². The molecule has 0 amide bonds. The minimum atomic E-state index is -0.354. The van der Waals surface area contributed by atoms with Crippen molar-refractivity contribution in [3.8, 4) is 11.5 Å². The van der Waals surface area contributed by atoms with Gasteiger partial charge in [-0.25, -0.2) is 4.98 Å². The van der Waals surface area contributed by atoms with Gasteiger partial charge in [-0.15, -0.1) is 13.2 Å². The topological polar surface area (TPSA) is 87.5 Å². The van der Waals surface area contributed by atoms with Gasteiger partial charge in [-0.05, 0) is 72.5 Å². The van der Waals surface area contributed by atoms with E-state index in [2.05, 4.69) is 18.1 Å². The fourth-order valence-corrected chi connectivity index (χ4v) is 3.07. The third-order valence-corrected chi connectivity index (χ3v) is 4.63. The van der Waals surface area contributed by atoms with Crippen molar-refractivity contribution in [3.05, 3.63) is 114 Å². The van der Waals surface area contributed by atoms with Gasteiger partial charge in [0.1, 0.15) is 22.9 Å². The number of carbonyl (C=O) groups is 2. The van der Waals surface area contributed by atoms with Gasteiger partial charge in [0.15, 0.2) is 0 Å². The molecule has 30 heavy (non-hydrogen) atoms. The molecule has 0 saturated carbocycles. The highest BCUT2D eigenvalue weighted by Gasteiger charge is 2.17. The number of phenolic OH excluding ortho intramolecular Hbond substituents is 2. The predicted octanol–water partition coefficient (Wildman–Crippen LogP) is 4.41. The molecule has 2 aromatic carbocycles. The highest BCUT2D eigenvalue weighted by atomic mass is 16.3. The van der Waals surface area contributed by atoms with Crippen LogP contribution < -0.4 is 0 Å². The van der Waals surface area contributed by atoms with E-state index in [0.717, 1.165) is 0 Å². The van der Waals surface area contributed by atoms with Crippen molar-refractivity contribution in [3.63, 3.8) is 0 Å². The maximum absolute atomic E-state index is 12.9. The van der Waals surface area contributed by atoms with E-state index < -0.39 is 0 Å². The van der Waals surface area contributed by atoms with Gasteiger partial charge >= 0.3 is 0 Å². The third kappa shape index (κ3) is 4.36. The summed E-state index contributed by atoms with van der Waals surface area (Å²) in [6, 6.07) is 13.8. The Morgan fingerprint density at radius 3 is 1.60 bits per heavy atom. The van der Waals surface area contributed by atoms with Crippen LogP contribution in [0.25, 0.3) is 0 Å². The Morgan fingerprint density at radius 2 is 1.20 bits per heavy atom. The molecule has 5 nitrogen and oxygen atoms in total. The molecule has 0 aliphatic rings. The summed E-state index contributed by atoms with van der Waals surface area (Å²) in [6.07, 6.45) is 4.12. The number of carbonyl (C=O) groups excluding carboxylic acids is 2. The lowest BCUT2D eigenvalue weighted by Crippen LogP contribution is -2.10. The smallest absolute Gasteiger partial charge is 0.211 e. The first-order valence-corrected chi connectivity index (χ1v) is 9.36. The number of benzene rings is 2. The van der Waals surface area contributed by atoms with Crippen LogP contribution in [0.15, 0.2) is 79.9 Å². The Labute approximate surface area is 174 Å². The number of ketones is 2. The molecule has 1 heterocycles. The fraction of sp³-hybridized carbons (Fsp3) is 0.0800. The second-order valence-electron chi connectivity index (χ2n) is 6.74. The molecule has 1 aromatic heterocycles. The lowest BCUT2D eigenvalue weighted by molar-refractivity contribution is 0.103. The normalized spacial score (nSPS) is 10.4. The first kappa shape index (κ1) is 20.7. The highest BCUT2D eigenvalue weighted by molar-refractivity contribution is 6.11. The van der Waals surface area contributed by atoms with Gasteiger partial charge in [-0.1, -0.05) is 18.2 Å². The summed E-state index contributed by atoms with van der Waals surface area (Å²) < 4.78 is 0. The van der Waals surface area contributed by atoms with Crippen LogP contribution in [0.1, 0.15) is 43.2 Å². The van der Waals surface area contributed by atoms with Crippen molar-refractivity contribution < 1.29 is 19.8 Å². The lowest BCUT2D eigenvalue weighted by Gasteiger charge is -2.08. The fourth-order valence-electron chi connectivity index (χ4n) is 3.07. The van der Waals surface area contributed by atoms with Gasteiger partial charge < -0.3 is 10.2 Å². The first-order chi connectivity index (χ1) is 14.4. The van der Waals surface area contributed by atoms with E-state index in [1.54, 1.807) is 42.5 Å². The third-order valence-electron chi connectivity index (χ3n) is 4.63. The molecule has 0 spiro atoms. The van der Waals surface area contributed by atoms with Crippen molar-refractivity contribution >= 4 is 11.6 Å². The molecule has 2 N–H and O–H groups in total. The van der Waals surface area contributed by atoms with Gasteiger partial charge in [0.2, 0.25) is 11.6 Å². The predicted molar refractivity (Wildman–Crippen MR) is 115 cm³/mol. The van der Waals surface area contributed by atoms with E-state index >= 15 is 0 Å². The average Bonchev–Trinajstić information content (AvgIpc) is 2.76. The molecular weight excluding hydrogens is 378 g/mol. The zero-order valence-electron chi connectivity index (χ0n) is 16.3. The van der Waals surface area contributed by atoms with Crippen LogP contribution in [0, 0.1) is 0 Å². The molecular formula is C25H21NO4. The molecule has 0 atom stereocenters. The summed E-state index contributed by atoms with van der Waals surface area (Å²) in [5.41, 5.74) is 2.14. The molecule has 0 fully saturated rings. The van der Waals surface area contributed by atoms with Crippen molar-refractivity contribution in [1.29, 1.82) is 0 Å². The zero-order valence-corrected chi connectivity index (χ0v) is 16.3. The van der Waals surface area contributed by atoms with Crippen LogP contribution in [-0.2, 0) is 12.8 Å². The maximum atomic E-state index is 12.9. The van der Waals surface area contributed by atoms with Crippen molar-refractivity contribution in [2.75, 3.05) is 0 Å². The molecule has 0 radical (unpaired) electrons. The van der Waals surface area contributed by atoms with E-state index in [0.29, 0.717) is 35.1 Å². The minimum absolute atomic E-state index is 0.0889. The van der Waals surface area contributed by atoms with Gasteiger partial charge in [-0.3, -0.25) is 9.59 Å². The summed E-state index contributed by atoms with van der Waals surface area (Å²) >= 11 is 0. The number of nitrogens with zero attached hydrogens (tertiary/aromatic N) is 1. The largest absolute Gasteiger partial charge is 0.508 e. The highest BCUT2D eigenvalue weighted by Crippen LogP contribution is 2.23. The van der Waals surface area contributed by atoms with Crippen molar-refractivity contribution in [2.24, 2.45) is 0 Å². The number of rotatable bonds is 8. The van der Waals surface area contributed by atoms with E-state index in [1.165, 1.54) is 24.3 Å². The number of pyridine rings is 1. The molecule has 0 bridgehead atoms. The van der Waals surface area contributed by atoms with Crippen LogP contribution >= 0.6 is 0 Å². The monoisotopic (exact) mass is 399 g/mol. The van der Waals surface area contributed by atoms with E-state index in [1.807, 2.05) is 0 Å². The zero-order chi connectivity index (χ0) is 21.7. The summed E-state index contributed by atoms with van der Waals surface area (Å²) in [5, 5.41) is 19.8. The lowest BCUT2D eigenvalue weighted by atomic mass is 10.0. The number of phenols is 2. The SMILES string of the molecule is C=CCc1cc(C(=O)c2cccc(C(=O)c3ccc(O)c(CC=C)c3)n2)ccc1O. The molecule has 150 valence electrons. The number of hydrogen-bond acceptors (Lipinski definition) is 5. The minimum Gasteiger partial charge on any atom is -0.508 e. The van der Waals surface area contributed by atoms with Crippen LogP contribution in [0.5, 0.6) is 11.5 Å². The summed E-state index contributed by atoms with van der Waals surface area (Å²) in [7, 11) is 0. The van der Waals surface area contributed by atoms with E-state index in [-0.39, 0.29) is 34.5 Å². The Balaban J connectivity index is 1.93. The van der Waals surface area contributed by atoms with Gasteiger partial charge in [0.05, 0.1) is 0 Å². The summed E-state index contributed by atoms with van der Waals surface area (Å²) in [4.78, 5) is 30.0. The molecule has 0 saturated heterocycles. The number of hydrogen-bond donors (Lipinski definition) is 2. The Kier molecular flexibility index (Phi) is 6.23. The van der Waals surface area contributed by atoms with E-state index in [9.17, 15) is 19.8 Å². The summed E-state index contributed by atoms with van der Waals surface area (Å²) in [6.45, 7) is 7.29. The van der Waals surface area contributed by atoms with Gasteiger partial charge in [0.25, 0.3) is 0 Å². The van der Waals surface area contributed by atoms with Crippen molar-refractivity contribution in [1.82, 2.24) is 4.98 Å². The molecule has 0 unspecified atom stereocenters. The Hall–Kier alpha value is -3.99.